The first-order chi connectivity index (χ1) is 7.34. The van der Waals surface area contributed by atoms with E-state index in [1.165, 1.54) is 0 Å². The van der Waals surface area contributed by atoms with Crippen molar-refractivity contribution in [3.05, 3.63) is 28.8 Å². The topological polar surface area (TPSA) is 29.1 Å². The lowest BCUT2D eigenvalue weighted by molar-refractivity contribution is 0.270. The minimum absolute atomic E-state index is 0.117. The molecule has 0 aliphatic rings. The van der Waals surface area contributed by atoms with E-state index in [2.05, 4.69) is 5.32 Å². The van der Waals surface area contributed by atoms with Crippen molar-refractivity contribution >= 4 is 45.9 Å². The molecule has 1 amide bonds. The predicted octanol–water partition coefficient (Wildman–Crippen LogP) is 4.71. The van der Waals surface area contributed by atoms with Crippen LogP contribution in [-0.4, -0.2) is 11.5 Å². The molecule has 0 saturated heterocycles. The van der Waals surface area contributed by atoms with Gasteiger partial charge in [0.05, 0.1) is 4.87 Å². The Labute approximate surface area is 110 Å². The second kappa shape index (κ2) is 5.30. The summed E-state index contributed by atoms with van der Waals surface area (Å²) >= 11 is 13.4. The zero-order valence-corrected chi connectivity index (χ0v) is 11.6. The van der Waals surface area contributed by atoms with Gasteiger partial charge < -0.3 is 5.32 Å². The summed E-state index contributed by atoms with van der Waals surface area (Å²) in [5, 5.41) is 3.15. The molecule has 0 bridgehead atoms. The van der Waals surface area contributed by atoms with Crippen LogP contribution in [0.4, 0.5) is 10.5 Å². The van der Waals surface area contributed by atoms with Gasteiger partial charge in [0.25, 0.3) is 5.24 Å². The Morgan fingerprint density at radius 3 is 2.50 bits per heavy atom. The zero-order valence-electron chi connectivity index (χ0n) is 9.30. The summed E-state index contributed by atoms with van der Waals surface area (Å²) in [6, 6.07) is 5.32. The summed E-state index contributed by atoms with van der Waals surface area (Å²) < 4.78 is 0. The summed E-state index contributed by atoms with van der Waals surface area (Å²) in [7, 11) is 0. The van der Waals surface area contributed by atoms with E-state index in [1.54, 1.807) is 18.4 Å². The number of thioether (sulfide) groups is 1. The van der Waals surface area contributed by atoms with Crippen molar-refractivity contribution in [1.82, 2.24) is 0 Å². The normalized spacial score (nSPS) is 11.3. The zero-order chi connectivity index (χ0) is 12.3. The summed E-state index contributed by atoms with van der Waals surface area (Å²) in [5.41, 5.74) is 1.52. The smallest absolute Gasteiger partial charge is 0.283 e. The number of carbonyl (C=O) groups is 1. The van der Waals surface area contributed by atoms with Gasteiger partial charge in [-0.3, -0.25) is 4.79 Å². The van der Waals surface area contributed by atoms with E-state index < -0.39 is 4.87 Å². The lowest BCUT2D eigenvalue weighted by Gasteiger charge is -2.18. The average molecular weight is 278 g/mol. The van der Waals surface area contributed by atoms with Gasteiger partial charge >= 0.3 is 0 Å². The van der Waals surface area contributed by atoms with Crippen molar-refractivity contribution in [2.75, 3.05) is 11.6 Å². The van der Waals surface area contributed by atoms with Crippen molar-refractivity contribution in [2.45, 2.75) is 18.7 Å². The van der Waals surface area contributed by atoms with E-state index in [4.69, 9.17) is 23.2 Å². The molecule has 0 aliphatic heterocycles. The number of nitrogens with one attached hydrogen (secondary N) is 1. The molecule has 0 radical (unpaired) electrons. The highest BCUT2D eigenvalue weighted by Gasteiger charge is 2.19. The Bertz CT molecular complexity index is 401. The van der Waals surface area contributed by atoms with Crippen LogP contribution in [0.15, 0.2) is 18.2 Å². The minimum Gasteiger partial charge on any atom is -0.317 e. The van der Waals surface area contributed by atoms with E-state index in [0.717, 1.165) is 17.3 Å². The Balaban J connectivity index is 2.96. The Morgan fingerprint density at radius 1 is 1.44 bits per heavy atom. The Morgan fingerprint density at radius 2 is 2.06 bits per heavy atom. The van der Waals surface area contributed by atoms with Crippen LogP contribution < -0.4 is 5.32 Å². The van der Waals surface area contributed by atoms with E-state index in [-0.39, 0.29) is 5.24 Å². The number of amides is 1. The third-order valence-electron chi connectivity index (χ3n) is 2.04. The second-order valence-electron chi connectivity index (χ2n) is 3.78. The van der Waals surface area contributed by atoms with Crippen molar-refractivity contribution in [2.24, 2.45) is 0 Å². The number of carbonyl (C=O) groups excluding carboxylic acids is 1. The van der Waals surface area contributed by atoms with Crippen LogP contribution in [0.25, 0.3) is 0 Å². The highest BCUT2D eigenvalue weighted by atomic mass is 35.5. The molecule has 1 aromatic rings. The first-order valence-electron chi connectivity index (χ1n) is 4.68. The van der Waals surface area contributed by atoms with E-state index in [9.17, 15) is 4.79 Å². The molecule has 0 unspecified atom stereocenters. The summed E-state index contributed by atoms with van der Waals surface area (Å²) in [6.45, 7) is 3.74. The third kappa shape index (κ3) is 3.58. The van der Waals surface area contributed by atoms with Gasteiger partial charge in [0.2, 0.25) is 0 Å². The largest absolute Gasteiger partial charge is 0.317 e. The minimum atomic E-state index is -0.515. The Hall–Kier alpha value is -0.380. The molecule has 1 aromatic carbocycles. The maximum atomic E-state index is 11.2. The number of benzene rings is 1. The molecular weight excluding hydrogens is 265 g/mol. The van der Waals surface area contributed by atoms with E-state index >= 15 is 0 Å². The summed E-state index contributed by atoms with van der Waals surface area (Å²) in [6.07, 6.45) is 1.72. The lowest BCUT2D eigenvalue weighted by atomic mass is 10.0. The van der Waals surface area contributed by atoms with E-state index in [0.29, 0.717) is 10.7 Å². The fourth-order valence-electron chi connectivity index (χ4n) is 1.24. The maximum Gasteiger partial charge on any atom is 0.283 e. The van der Waals surface area contributed by atoms with Crippen LogP contribution in [0.3, 0.4) is 0 Å². The third-order valence-corrected chi connectivity index (χ3v) is 3.03. The van der Waals surface area contributed by atoms with Gasteiger partial charge in [-0.05, 0) is 37.8 Å². The molecule has 0 atom stereocenters. The molecule has 0 saturated carbocycles. The monoisotopic (exact) mass is 277 g/mol. The molecule has 16 heavy (non-hydrogen) atoms. The standard InChI is InChI=1S/C11H13Cl2NOS/c1-11(2,13)8-5-4-7(6-9(8)12)14-10(15)16-3/h4-6H,1-3H3,(H,14,15). The molecule has 0 aliphatic carbocycles. The maximum absolute atomic E-state index is 11.2. The van der Waals surface area contributed by atoms with Gasteiger partial charge in [-0.1, -0.05) is 29.4 Å². The number of halogens is 2. The molecule has 0 spiro atoms. The number of rotatable bonds is 2. The van der Waals surface area contributed by atoms with Crippen LogP contribution in [0, 0.1) is 0 Å². The Kier molecular flexibility index (Phi) is 4.53. The predicted molar refractivity (Wildman–Crippen MR) is 72.9 cm³/mol. The molecule has 1 N–H and O–H groups in total. The van der Waals surface area contributed by atoms with Gasteiger partial charge in [0, 0.05) is 10.7 Å². The van der Waals surface area contributed by atoms with Gasteiger partial charge in [0.15, 0.2) is 0 Å². The van der Waals surface area contributed by atoms with Crippen molar-refractivity contribution in [3.63, 3.8) is 0 Å². The van der Waals surface area contributed by atoms with Crippen molar-refractivity contribution in [3.8, 4) is 0 Å². The molecular formula is C11H13Cl2NOS. The molecule has 5 heteroatoms. The van der Waals surface area contributed by atoms with Crippen LogP contribution >= 0.6 is 35.0 Å². The highest BCUT2D eigenvalue weighted by molar-refractivity contribution is 8.13. The number of hydrogen-bond acceptors (Lipinski definition) is 2. The SMILES string of the molecule is CSC(=O)Nc1ccc(C(C)(C)Cl)c(Cl)c1. The van der Waals surface area contributed by atoms with Gasteiger partial charge in [-0.2, -0.15) is 0 Å². The quantitative estimate of drug-likeness (QED) is 0.794. The number of anilines is 1. The highest BCUT2D eigenvalue weighted by Crippen LogP contribution is 2.34. The van der Waals surface area contributed by atoms with E-state index in [1.807, 2.05) is 19.9 Å². The first-order valence-corrected chi connectivity index (χ1v) is 6.66. The molecule has 2 nitrogen and oxygen atoms in total. The van der Waals surface area contributed by atoms with Crippen LogP contribution in [0.5, 0.6) is 0 Å². The van der Waals surface area contributed by atoms with Gasteiger partial charge in [0.1, 0.15) is 0 Å². The molecule has 1 rings (SSSR count). The molecule has 88 valence electrons. The van der Waals surface area contributed by atoms with Crippen LogP contribution in [-0.2, 0) is 4.87 Å². The van der Waals surface area contributed by atoms with Crippen molar-refractivity contribution < 1.29 is 4.79 Å². The van der Waals surface area contributed by atoms with Crippen molar-refractivity contribution in [1.29, 1.82) is 0 Å². The fraction of sp³-hybridized carbons (Fsp3) is 0.364. The molecule has 0 fully saturated rings. The first kappa shape index (κ1) is 13.7. The summed E-state index contributed by atoms with van der Waals surface area (Å²) in [4.78, 5) is 10.6. The number of alkyl halides is 1. The second-order valence-corrected chi connectivity index (χ2v) is 5.91. The van der Waals surface area contributed by atoms with Gasteiger partial charge in [-0.15, -0.1) is 11.6 Å². The lowest BCUT2D eigenvalue weighted by Crippen LogP contribution is -2.09. The van der Waals surface area contributed by atoms with Crippen LogP contribution in [0.1, 0.15) is 19.4 Å². The average Bonchev–Trinajstić information content (AvgIpc) is 2.15. The summed E-state index contributed by atoms with van der Waals surface area (Å²) in [5.74, 6) is 0. The van der Waals surface area contributed by atoms with Gasteiger partial charge in [-0.25, -0.2) is 0 Å². The molecule has 0 aromatic heterocycles. The number of hydrogen-bond donors (Lipinski definition) is 1. The van der Waals surface area contributed by atoms with Crippen LogP contribution in [0.2, 0.25) is 5.02 Å². The molecule has 0 heterocycles. The fourth-order valence-corrected chi connectivity index (χ4v) is 2.09.